The van der Waals surface area contributed by atoms with Crippen LogP contribution in [0, 0.1) is 0 Å². The summed E-state index contributed by atoms with van der Waals surface area (Å²) in [5.41, 5.74) is 0.969. The molecule has 0 aliphatic rings. The van der Waals surface area contributed by atoms with E-state index in [1.807, 2.05) is 0 Å². The first kappa shape index (κ1) is 25.6. The number of hydrogen-bond acceptors (Lipinski definition) is 6. The van der Waals surface area contributed by atoms with E-state index in [-0.39, 0.29) is 24.3 Å². The molecule has 0 radical (unpaired) electrons. The van der Waals surface area contributed by atoms with Crippen LogP contribution in [-0.2, 0) is 38.2 Å². The Labute approximate surface area is 217 Å². The summed E-state index contributed by atoms with van der Waals surface area (Å²) in [5.74, 6) is -0.402. The van der Waals surface area contributed by atoms with Gasteiger partial charge in [-0.15, -0.1) is 5.10 Å². The Hall–Kier alpha value is -5.01. The molecule has 2 aromatic carbocycles. The molecule has 0 unspecified atom stereocenters. The Balaban J connectivity index is 1.24. The highest BCUT2D eigenvalue weighted by Crippen LogP contribution is 2.29. The van der Waals surface area contributed by atoms with Crippen molar-refractivity contribution in [3.05, 3.63) is 93.0 Å². The van der Waals surface area contributed by atoms with Crippen LogP contribution in [0.5, 0.6) is 0 Å². The number of amides is 1. The van der Waals surface area contributed by atoms with Crippen molar-refractivity contribution in [1.29, 1.82) is 0 Å². The van der Waals surface area contributed by atoms with Crippen LogP contribution in [0.3, 0.4) is 0 Å². The van der Waals surface area contributed by atoms with Crippen molar-refractivity contribution in [2.75, 3.05) is 5.32 Å². The lowest BCUT2D eigenvalue weighted by Crippen LogP contribution is -2.37. The van der Waals surface area contributed by atoms with Crippen molar-refractivity contribution < 1.29 is 18.0 Å². The largest absolute Gasteiger partial charge is 0.416 e. The number of imidazole rings is 1. The summed E-state index contributed by atoms with van der Waals surface area (Å²) in [6.07, 6.45) is -1.39. The topological polar surface area (TPSA) is 122 Å². The van der Waals surface area contributed by atoms with E-state index in [0.29, 0.717) is 16.9 Å². The number of anilines is 1. The van der Waals surface area contributed by atoms with Gasteiger partial charge in [-0.3, -0.25) is 18.7 Å². The fourth-order valence-corrected chi connectivity index (χ4v) is 4.09. The average Bonchev–Trinajstić information content (AvgIpc) is 3.54. The van der Waals surface area contributed by atoms with Gasteiger partial charge in [0.15, 0.2) is 11.2 Å². The van der Waals surface area contributed by atoms with E-state index < -0.39 is 28.9 Å². The molecular weight excluding hydrogens is 517 g/mol. The maximum absolute atomic E-state index is 12.8. The summed E-state index contributed by atoms with van der Waals surface area (Å²) >= 11 is 0. The van der Waals surface area contributed by atoms with Gasteiger partial charge in [0.25, 0.3) is 5.56 Å². The fraction of sp³-hybridized carbons (Fsp3) is 0.200. The van der Waals surface area contributed by atoms with Gasteiger partial charge in [0.05, 0.1) is 24.6 Å². The number of nitrogens with zero attached hydrogens (tertiary/aromatic N) is 7. The minimum Gasteiger partial charge on any atom is -0.325 e. The number of nitrogens with one attached hydrogen (secondary N) is 1. The number of carbonyl (C=O) groups excluding carboxylic acids is 1. The highest BCUT2D eigenvalue weighted by molar-refractivity contribution is 5.91. The first-order valence-corrected chi connectivity index (χ1v) is 11.6. The van der Waals surface area contributed by atoms with Gasteiger partial charge in [-0.2, -0.15) is 13.2 Å². The Morgan fingerprint density at radius 1 is 0.974 bits per heavy atom. The molecule has 1 N–H and O–H groups in total. The summed E-state index contributed by atoms with van der Waals surface area (Å²) in [7, 11) is 2.85. The standard InChI is InChI=1S/C25H21F3N8O3/c1-33-22-21(23(38)34(2)24(33)39)35(14-29-22)13-20(37)30-18-9-5-16(6-10-18)19-12-36(32-31-19)11-15-3-7-17(8-4-15)25(26,27)28/h3-10,12,14H,11,13H2,1-2H3,(H,30,37). The zero-order valence-electron chi connectivity index (χ0n) is 20.7. The van der Waals surface area contributed by atoms with E-state index in [1.54, 1.807) is 30.5 Å². The van der Waals surface area contributed by atoms with Gasteiger partial charge in [0.2, 0.25) is 5.91 Å². The fourth-order valence-electron chi connectivity index (χ4n) is 4.09. The number of halogens is 3. The molecule has 0 saturated heterocycles. The molecule has 0 aliphatic carbocycles. The van der Waals surface area contributed by atoms with Gasteiger partial charge in [-0.1, -0.05) is 29.5 Å². The van der Waals surface area contributed by atoms with E-state index in [9.17, 15) is 27.6 Å². The summed E-state index contributed by atoms with van der Waals surface area (Å²) in [5, 5.41) is 10.9. The van der Waals surface area contributed by atoms with Crippen LogP contribution in [-0.4, -0.2) is 39.6 Å². The monoisotopic (exact) mass is 538 g/mol. The zero-order valence-corrected chi connectivity index (χ0v) is 20.7. The molecule has 0 saturated carbocycles. The third-order valence-electron chi connectivity index (χ3n) is 6.16. The first-order chi connectivity index (χ1) is 18.5. The zero-order chi connectivity index (χ0) is 27.9. The van der Waals surface area contributed by atoms with Gasteiger partial charge < -0.3 is 9.88 Å². The Kier molecular flexibility index (Phi) is 6.38. The van der Waals surface area contributed by atoms with Gasteiger partial charge in [-0.25, -0.2) is 14.5 Å². The van der Waals surface area contributed by atoms with E-state index in [1.165, 1.54) is 46.4 Å². The number of aromatic nitrogens is 7. The molecule has 0 fully saturated rings. The van der Waals surface area contributed by atoms with Gasteiger partial charge in [0.1, 0.15) is 12.2 Å². The number of rotatable bonds is 6. The highest BCUT2D eigenvalue weighted by Gasteiger charge is 2.29. The Bertz CT molecular complexity index is 1800. The van der Waals surface area contributed by atoms with Crippen molar-refractivity contribution in [2.24, 2.45) is 14.1 Å². The molecule has 0 atom stereocenters. The van der Waals surface area contributed by atoms with Crippen LogP contribution in [0.25, 0.3) is 22.4 Å². The Morgan fingerprint density at radius 3 is 2.33 bits per heavy atom. The molecule has 0 aliphatic heterocycles. The number of hydrogen-bond donors (Lipinski definition) is 1. The van der Waals surface area contributed by atoms with Crippen LogP contribution >= 0.6 is 0 Å². The van der Waals surface area contributed by atoms with E-state index >= 15 is 0 Å². The second kappa shape index (κ2) is 9.70. The number of carbonyl (C=O) groups is 1. The summed E-state index contributed by atoms with van der Waals surface area (Å²) in [6, 6.07) is 11.7. The van der Waals surface area contributed by atoms with Gasteiger partial charge >= 0.3 is 11.9 Å². The number of alkyl halides is 3. The van der Waals surface area contributed by atoms with Crippen molar-refractivity contribution in [1.82, 2.24) is 33.7 Å². The SMILES string of the molecule is Cn1c(=O)c2c(ncn2CC(=O)Nc2ccc(-c3cn(Cc4ccc(C(F)(F)F)cc4)nn3)cc2)n(C)c1=O. The average molecular weight is 538 g/mol. The van der Waals surface area contributed by atoms with Crippen LogP contribution in [0.2, 0.25) is 0 Å². The van der Waals surface area contributed by atoms with Crippen molar-refractivity contribution in [2.45, 2.75) is 19.3 Å². The number of benzene rings is 2. The van der Waals surface area contributed by atoms with E-state index in [2.05, 4.69) is 20.6 Å². The predicted molar refractivity (Wildman–Crippen MR) is 135 cm³/mol. The third-order valence-corrected chi connectivity index (χ3v) is 6.16. The summed E-state index contributed by atoms with van der Waals surface area (Å²) in [6.45, 7) is 0.0590. The van der Waals surface area contributed by atoms with Crippen LogP contribution in [0.4, 0.5) is 18.9 Å². The van der Waals surface area contributed by atoms with Gasteiger partial charge in [-0.05, 0) is 29.8 Å². The molecule has 0 spiro atoms. The maximum atomic E-state index is 12.8. The third kappa shape index (κ3) is 5.08. The molecule has 1 amide bonds. The van der Waals surface area contributed by atoms with Crippen molar-refractivity contribution in [3.63, 3.8) is 0 Å². The molecule has 0 bridgehead atoms. The quantitative estimate of drug-likeness (QED) is 0.354. The minimum atomic E-state index is -4.39. The smallest absolute Gasteiger partial charge is 0.325 e. The second-order valence-corrected chi connectivity index (χ2v) is 8.87. The van der Waals surface area contributed by atoms with Gasteiger partial charge in [0, 0.05) is 25.3 Å². The van der Waals surface area contributed by atoms with Crippen molar-refractivity contribution >= 4 is 22.8 Å². The first-order valence-electron chi connectivity index (χ1n) is 11.6. The molecule has 3 aromatic heterocycles. The normalized spacial score (nSPS) is 11.7. The molecule has 5 aromatic rings. The molecular formula is C25H21F3N8O3. The lowest BCUT2D eigenvalue weighted by molar-refractivity contribution is -0.137. The molecule has 5 rings (SSSR count). The van der Waals surface area contributed by atoms with Crippen LogP contribution in [0.1, 0.15) is 11.1 Å². The Morgan fingerprint density at radius 2 is 1.67 bits per heavy atom. The lowest BCUT2D eigenvalue weighted by Gasteiger charge is -2.08. The van der Waals surface area contributed by atoms with E-state index in [0.717, 1.165) is 22.3 Å². The van der Waals surface area contributed by atoms with Crippen LogP contribution in [0.15, 0.2) is 70.6 Å². The number of fused-ring (bicyclic) bond motifs is 1. The highest BCUT2D eigenvalue weighted by atomic mass is 19.4. The molecule has 200 valence electrons. The minimum absolute atomic E-state index is 0.143. The second-order valence-electron chi connectivity index (χ2n) is 8.87. The van der Waals surface area contributed by atoms with Crippen molar-refractivity contribution in [3.8, 4) is 11.3 Å². The van der Waals surface area contributed by atoms with Crippen LogP contribution < -0.4 is 16.6 Å². The molecule has 11 nitrogen and oxygen atoms in total. The van der Waals surface area contributed by atoms with E-state index in [4.69, 9.17) is 0 Å². The summed E-state index contributed by atoms with van der Waals surface area (Å²) in [4.78, 5) is 41.4. The predicted octanol–water partition coefficient (Wildman–Crippen LogP) is 2.40. The molecule has 14 heteroatoms. The summed E-state index contributed by atoms with van der Waals surface area (Å²) < 4.78 is 43.4. The molecule has 3 heterocycles. The molecule has 39 heavy (non-hydrogen) atoms. The lowest BCUT2D eigenvalue weighted by atomic mass is 10.1. The maximum Gasteiger partial charge on any atom is 0.416 e. The number of aryl methyl sites for hydroxylation is 1.